The van der Waals surface area contributed by atoms with Crippen molar-refractivity contribution in [3.05, 3.63) is 92.8 Å². The van der Waals surface area contributed by atoms with Crippen LogP contribution in [0.5, 0.6) is 0 Å². The number of rotatable bonds is 4. The number of nitrogens with one attached hydrogen (secondary N) is 2. The SMILES string of the molecule is C#CCN1C(=O)[C@]2(C(C#N)=C(N)Nc3nc(SCc4cccc(F)c4)[nH]c(=O)c32)c2ccccc21. The summed E-state index contributed by atoms with van der Waals surface area (Å²) < 4.78 is 13.5. The number of para-hydroxylation sites is 1. The molecule has 3 aromatic rings. The minimum Gasteiger partial charge on any atom is -0.384 e. The molecule has 0 aliphatic carbocycles. The number of benzene rings is 2. The Morgan fingerprint density at radius 3 is 2.77 bits per heavy atom. The minimum absolute atomic E-state index is 0.0321. The van der Waals surface area contributed by atoms with Gasteiger partial charge in [-0.3, -0.25) is 14.5 Å². The summed E-state index contributed by atoms with van der Waals surface area (Å²) in [4.78, 5) is 36.0. The van der Waals surface area contributed by atoms with E-state index in [9.17, 15) is 19.2 Å². The Hall–Kier alpha value is -4.54. The molecule has 1 spiro atoms. The lowest BCUT2D eigenvalue weighted by atomic mass is 9.69. The molecule has 35 heavy (non-hydrogen) atoms. The molecular weight excluding hydrogens is 467 g/mol. The zero-order valence-corrected chi connectivity index (χ0v) is 18.9. The molecule has 0 saturated heterocycles. The first-order valence-electron chi connectivity index (χ1n) is 10.5. The van der Waals surface area contributed by atoms with Crippen LogP contribution in [0.15, 0.2) is 69.9 Å². The van der Waals surface area contributed by atoms with E-state index >= 15 is 0 Å². The van der Waals surface area contributed by atoms with Crippen molar-refractivity contribution in [2.24, 2.45) is 5.73 Å². The molecule has 1 aromatic heterocycles. The predicted molar refractivity (Wildman–Crippen MR) is 130 cm³/mol. The summed E-state index contributed by atoms with van der Waals surface area (Å²) in [6.45, 7) is -0.0497. The molecule has 2 aliphatic rings. The van der Waals surface area contributed by atoms with Gasteiger partial charge in [-0.1, -0.05) is 48.0 Å². The number of halogens is 1. The highest BCUT2D eigenvalue weighted by Gasteiger charge is 2.60. The summed E-state index contributed by atoms with van der Waals surface area (Å²) >= 11 is 1.19. The van der Waals surface area contributed by atoms with Crippen molar-refractivity contribution in [1.82, 2.24) is 9.97 Å². The normalized spacial score (nSPS) is 18.0. The third-order valence-electron chi connectivity index (χ3n) is 5.96. The minimum atomic E-state index is -1.79. The summed E-state index contributed by atoms with van der Waals surface area (Å²) in [7, 11) is 0. The van der Waals surface area contributed by atoms with Crippen LogP contribution in [-0.2, 0) is 16.0 Å². The maximum atomic E-state index is 13.9. The Labute approximate surface area is 203 Å². The first kappa shape index (κ1) is 22.3. The van der Waals surface area contributed by atoms with Gasteiger partial charge in [0.15, 0.2) is 5.16 Å². The van der Waals surface area contributed by atoms with Crippen LogP contribution in [0.1, 0.15) is 16.7 Å². The number of nitrogens with zero attached hydrogens (tertiary/aromatic N) is 3. The molecule has 0 bridgehead atoms. The second kappa shape index (κ2) is 8.35. The molecule has 4 N–H and O–H groups in total. The highest BCUT2D eigenvalue weighted by molar-refractivity contribution is 7.98. The Balaban J connectivity index is 1.68. The molecule has 10 heteroatoms. The molecule has 8 nitrogen and oxygen atoms in total. The summed E-state index contributed by atoms with van der Waals surface area (Å²) in [5, 5.41) is 13.1. The van der Waals surface area contributed by atoms with Gasteiger partial charge >= 0.3 is 0 Å². The van der Waals surface area contributed by atoms with Gasteiger partial charge in [-0.15, -0.1) is 6.42 Å². The molecule has 1 atom stereocenters. The summed E-state index contributed by atoms with van der Waals surface area (Å²) in [6.07, 6.45) is 5.51. The molecule has 2 aliphatic heterocycles. The molecule has 2 aromatic carbocycles. The number of carbonyl (C=O) groups is 1. The number of fused-ring (bicyclic) bond motifs is 4. The number of hydrogen-bond donors (Lipinski definition) is 3. The lowest BCUT2D eigenvalue weighted by molar-refractivity contribution is -0.120. The van der Waals surface area contributed by atoms with Gasteiger partial charge in [0.25, 0.3) is 5.56 Å². The second-order valence-electron chi connectivity index (χ2n) is 7.90. The van der Waals surface area contributed by atoms with Gasteiger partial charge in [0.1, 0.15) is 28.9 Å². The average molecular weight is 485 g/mol. The predicted octanol–water partition coefficient (Wildman–Crippen LogP) is 2.59. The van der Waals surface area contributed by atoms with Crippen LogP contribution < -0.4 is 21.5 Å². The van der Waals surface area contributed by atoms with E-state index in [1.807, 2.05) is 6.07 Å². The Morgan fingerprint density at radius 2 is 2.03 bits per heavy atom. The number of H-pyrrole nitrogens is 1. The Bertz CT molecular complexity index is 1570. The van der Waals surface area contributed by atoms with Crippen molar-refractivity contribution in [3.8, 4) is 18.4 Å². The lowest BCUT2D eigenvalue weighted by Crippen LogP contribution is -2.49. The zero-order valence-electron chi connectivity index (χ0n) is 18.1. The van der Waals surface area contributed by atoms with Gasteiger partial charge in [0.05, 0.1) is 17.7 Å². The topological polar surface area (TPSA) is 128 Å². The fourth-order valence-corrected chi connectivity index (χ4v) is 5.39. The number of aromatic amines is 1. The van der Waals surface area contributed by atoms with Crippen molar-refractivity contribution in [3.63, 3.8) is 0 Å². The van der Waals surface area contributed by atoms with Crippen LogP contribution in [0.25, 0.3) is 0 Å². The summed E-state index contributed by atoms with van der Waals surface area (Å²) in [5.41, 5.74) is 5.31. The van der Waals surface area contributed by atoms with E-state index in [0.717, 1.165) is 0 Å². The molecule has 172 valence electrons. The van der Waals surface area contributed by atoms with Crippen LogP contribution in [0.3, 0.4) is 0 Å². The van der Waals surface area contributed by atoms with E-state index in [1.165, 1.54) is 28.8 Å². The van der Waals surface area contributed by atoms with Gasteiger partial charge in [-0.2, -0.15) is 5.26 Å². The van der Waals surface area contributed by atoms with Crippen molar-refractivity contribution < 1.29 is 9.18 Å². The fourth-order valence-electron chi connectivity index (χ4n) is 4.58. The van der Waals surface area contributed by atoms with Crippen molar-refractivity contribution in [2.75, 3.05) is 16.8 Å². The average Bonchev–Trinajstić information content (AvgIpc) is 3.07. The van der Waals surface area contributed by atoms with Gasteiger partial charge in [-0.25, -0.2) is 9.37 Å². The highest BCUT2D eigenvalue weighted by atomic mass is 32.2. The molecule has 0 saturated carbocycles. The second-order valence-corrected chi connectivity index (χ2v) is 8.87. The highest BCUT2D eigenvalue weighted by Crippen LogP contribution is 2.52. The van der Waals surface area contributed by atoms with Crippen molar-refractivity contribution in [1.29, 1.82) is 5.26 Å². The van der Waals surface area contributed by atoms with E-state index in [-0.39, 0.29) is 40.3 Å². The monoisotopic (exact) mass is 484 g/mol. The molecule has 0 fully saturated rings. The van der Waals surface area contributed by atoms with Crippen LogP contribution in [0.2, 0.25) is 0 Å². The molecule has 5 rings (SSSR count). The number of anilines is 2. The molecule has 1 amide bonds. The van der Waals surface area contributed by atoms with Gasteiger partial charge < -0.3 is 16.0 Å². The lowest BCUT2D eigenvalue weighted by Gasteiger charge is -2.33. The number of nitriles is 1. The van der Waals surface area contributed by atoms with E-state index in [1.54, 1.807) is 36.4 Å². The molecule has 0 radical (unpaired) electrons. The van der Waals surface area contributed by atoms with Gasteiger partial charge in [0.2, 0.25) is 5.91 Å². The maximum Gasteiger partial charge on any atom is 0.258 e. The molecular formula is C25H17FN6O2S. The molecule has 3 heterocycles. The number of aromatic nitrogens is 2. The molecule has 0 unspecified atom stereocenters. The number of terminal acetylenes is 1. The number of carbonyl (C=O) groups excluding carboxylic acids is 1. The number of nitrogens with two attached hydrogens (primary N) is 1. The third kappa shape index (κ3) is 3.27. The van der Waals surface area contributed by atoms with Crippen LogP contribution >= 0.6 is 11.8 Å². The Morgan fingerprint density at radius 1 is 1.23 bits per heavy atom. The summed E-state index contributed by atoms with van der Waals surface area (Å²) in [6, 6.07) is 15.0. The van der Waals surface area contributed by atoms with Crippen molar-refractivity contribution >= 4 is 29.2 Å². The Kier molecular flexibility index (Phi) is 5.31. The smallest absolute Gasteiger partial charge is 0.258 e. The third-order valence-corrected chi connectivity index (χ3v) is 6.91. The first-order chi connectivity index (χ1) is 16.9. The largest absolute Gasteiger partial charge is 0.384 e. The zero-order chi connectivity index (χ0) is 24.7. The fraction of sp³-hybridized carbons (Fsp3) is 0.120. The van der Waals surface area contributed by atoms with E-state index in [0.29, 0.717) is 22.6 Å². The number of thioether (sulfide) groups is 1. The van der Waals surface area contributed by atoms with Crippen LogP contribution in [0.4, 0.5) is 15.9 Å². The van der Waals surface area contributed by atoms with Gasteiger partial charge in [0, 0.05) is 17.0 Å². The standard InChI is InChI=1S/C25H17FN6O2S/c1-2-10-32-18-9-4-3-8-16(18)25(23(32)34)17(12-27)20(28)29-21-19(25)22(33)31-24(30-21)35-13-14-6-5-7-15(26)11-14/h1,3-9,11H,10,13,28H2,(H2,29,30,31,33)/t25-/m0/s1. The van der Waals surface area contributed by atoms with E-state index < -0.39 is 16.9 Å². The van der Waals surface area contributed by atoms with Crippen LogP contribution in [-0.4, -0.2) is 22.4 Å². The first-order valence-corrected chi connectivity index (χ1v) is 11.4. The summed E-state index contributed by atoms with van der Waals surface area (Å²) in [5.74, 6) is 1.88. The number of hydrogen-bond acceptors (Lipinski definition) is 7. The number of amides is 1. The van der Waals surface area contributed by atoms with E-state index in [4.69, 9.17) is 12.2 Å². The van der Waals surface area contributed by atoms with Crippen LogP contribution in [0, 0.1) is 29.5 Å². The quantitative estimate of drug-likeness (QED) is 0.295. The van der Waals surface area contributed by atoms with E-state index in [2.05, 4.69) is 21.2 Å². The van der Waals surface area contributed by atoms with Gasteiger partial charge in [-0.05, 0) is 23.8 Å². The maximum absolute atomic E-state index is 13.9. The van der Waals surface area contributed by atoms with Crippen molar-refractivity contribution in [2.45, 2.75) is 16.3 Å².